The van der Waals surface area contributed by atoms with Crippen LogP contribution in [-0.4, -0.2) is 30.4 Å². The second kappa shape index (κ2) is 9.21. The van der Waals surface area contributed by atoms with Gasteiger partial charge in [-0.15, -0.1) is 11.8 Å². The summed E-state index contributed by atoms with van der Waals surface area (Å²) < 4.78 is 5.55. The van der Waals surface area contributed by atoms with Crippen LogP contribution in [0.1, 0.15) is 34.6 Å². The molecular weight excluding hydrogens is 294 g/mol. The van der Waals surface area contributed by atoms with Gasteiger partial charge in [0.15, 0.2) is 0 Å². The smallest absolute Gasteiger partial charge is 0.311 e. The van der Waals surface area contributed by atoms with E-state index in [0.717, 1.165) is 12.3 Å². The largest absolute Gasteiger partial charge is 0.460 e. The van der Waals surface area contributed by atoms with Crippen molar-refractivity contribution in [3.8, 4) is 0 Å². The summed E-state index contributed by atoms with van der Waals surface area (Å²) in [5, 5.41) is 3.37. The molecule has 0 aliphatic rings. The van der Waals surface area contributed by atoms with Crippen LogP contribution in [0.2, 0.25) is 0 Å². The number of rotatable bonds is 8. The van der Waals surface area contributed by atoms with Gasteiger partial charge in [-0.3, -0.25) is 4.79 Å². The Morgan fingerprint density at radius 2 is 1.82 bits per heavy atom. The minimum absolute atomic E-state index is 0.118. The summed E-state index contributed by atoms with van der Waals surface area (Å²) in [6.45, 7) is 11.6. The molecule has 0 saturated carbocycles. The number of esters is 1. The fourth-order valence-corrected chi connectivity index (χ4v) is 2.85. The normalized spacial score (nSPS) is 13.2. The second-order valence-corrected chi connectivity index (χ2v) is 8.00. The van der Waals surface area contributed by atoms with Crippen LogP contribution in [0.3, 0.4) is 0 Å². The van der Waals surface area contributed by atoms with Crippen molar-refractivity contribution in [3.63, 3.8) is 0 Å². The number of hydrogen-bond acceptors (Lipinski definition) is 4. The molecule has 0 heterocycles. The van der Waals surface area contributed by atoms with Crippen molar-refractivity contribution >= 4 is 17.7 Å². The van der Waals surface area contributed by atoms with Crippen molar-refractivity contribution in [2.75, 3.05) is 18.8 Å². The molecule has 4 heteroatoms. The van der Waals surface area contributed by atoms with Gasteiger partial charge in [0.2, 0.25) is 0 Å². The van der Waals surface area contributed by atoms with E-state index in [2.05, 4.69) is 31.3 Å². The first-order valence-corrected chi connectivity index (χ1v) is 8.88. The number of benzene rings is 1. The van der Waals surface area contributed by atoms with Crippen molar-refractivity contribution in [3.05, 3.63) is 30.3 Å². The molecule has 1 unspecified atom stereocenters. The topological polar surface area (TPSA) is 38.3 Å². The third kappa shape index (κ3) is 8.44. The Bertz CT molecular complexity index is 440. The first-order valence-electron chi connectivity index (χ1n) is 7.89. The van der Waals surface area contributed by atoms with E-state index in [-0.39, 0.29) is 11.9 Å². The minimum Gasteiger partial charge on any atom is -0.460 e. The monoisotopic (exact) mass is 323 g/mol. The zero-order valence-corrected chi connectivity index (χ0v) is 15.2. The van der Waals surface area contributed by atoms with E-state index < -0.39 is 5.60 Å². The predicted octanol–water partition coefficient (Wildman–Crippen LogP) is 3.98. The van der Waals surface area contributed by atoms with Crippen LogP contribution in [0.25, 0.3) is 0 Å². The predicted molar refractivity (Wildman–Crippen MR) is 94.2 cm³/mol. The highest BCUT2D eigenvalue weighted by Gasteiger charge is 2.25. The summed E-state index contributed by atoms with van der Waals surface area (Å²) in [5.74, 6) is 1.04. The molecule has 1 rings (SSSR count). The van der Waals surface area contributed by atoms with E-state index in [1.165, 1.54) is 4.90 Å². The second-order valence-electron chi connectivity index (χ2n) is 6.91. The average molecular weight is 324 g/mol. The molecule has 0 bridgehead atoms. The lowest BCUT2D eigenvalue weighted by molar-refractivity contribution is -0.158. The number of carbonyl (C=O) groups is 1. The van der Waals surface area contributed by atoms with Crippen LogP contribution >= 0.6 is 11.8 Å². The molecule has 3 nitrogen and oxygen atoms in total. The van der Waals surface area contributed by atoms with Gasteiger partial charge in [0.25, 0.3) is 0 Å². The maximum absolute atomic E-state index is 12.4. The first-order chi connectivity index (χ1) is 10.3. The third-order valence-corrected chi connectivity index (χ3v) is 4.05. The molecule has 0 aromatic heterocycles. The quantitative estimate of drug-likeness (QED) is 0.580. The molecule has 0 fully saturated rings. The first kappa shape index (κ1) is 19.0. The minimum atomic E-state index is -0.440. The van der Waals surface area contributed by atoms with Crippen molar-refractivity contribution in [2.24, 2.45) is 11.8 Å². The molecule has 0 spiro atoms. The van der Waals surface area contributed by atoms with Gasteiger partial charge in [0.05, 0.1) is 5.92 Å². The zero-order chi connectivity index (χ0) is 16.6. The van der Waals surface area contributed by atoms with E-state index in [1.54, 1.807) is 11.8 Å². The fourth-order valence-electron chi connectivity index (χ4n) is 1.86. The van der Waals surface area contributed by atoms with Crippen LogP contribution in [0, 0.1) is 11.8 Å². The van der Waals surface area contributed by atoms with Gasteiger partial charge < -0.3 is 10.1 Å². The molecule has 1 N–H and O–H groups in total. The number of hydrogen-bond donors (Lipinski definition) is 1. The third-order valence-electron chi connectivity index (χ3n) is 2.88. The van der Waals surface area contributed by atoms with Crippen molar-refractivity contribution in [1.29, 1.82) is 0 Å². The molecule has 1 atom stereocenters. The number of ether oxygens (including phenoxy) is 1. The van der Waals surface area contributed by atoms with Gasteiger partial charge in [-0.1, -0.05) is 32.0 Å². The summed E-state index contributed by atoms with van der Waals surface area (Å²) in [6.07, 6.45) is 0. The van der Waals surface area contributed by atoms with Crippen LogP contribution in [0.5, 0.6) is 0 Å². The summed E-state index contributed by atoms with van der Waals surface area (Å²) in [4.78, 5) is 13.6. The van der Waals surface area contributed by atoms with Crippen LogP contribution in [0.4, 0.5) is 0 Å². The number of nitrogens with one attached hydrogen (secondary N) is 1. The molecule has 0 saturated heterocycles. The Morgan fingerprint density at radius 3 is 2.36 bits per heavy atom. The molecule has 1 aromatic rings. The number of thioether (sulfide) groups is 1. The Labute approximate surface area is 139 Å². The standard InChI is InChI=1S/C18H29NO2S/c1-14(2)11-19-12-15(17(20)21-18(3,4)5)13-22-16-9-7-6-8-10-16/h6-10,14-15,19H,11-13H2,1-5H3. The Hall–Kier alpha value is -1.00. The molecule has 0 radical (unpaired) electrons. The highest BCUT2D eigenvalue weighted by Crippen LogP contribution is 2.22. The Morgan fingerprint density at radius 1 is 1.18 bits per heavy atom. The molecule has 1 aromatic carbocycles. The molecular formula is C18H29NO2S. The zero-order valence-electron chi connectivity index (χ0n) is 14.4. The molecule has 0 aliphatic heterocycles. The maximum atomic E-state index is 12.4. The van der Waals surface area contributed by atoms with Gasteiger partial charge in [-0.05, 0) is 45.4 Å². The van der Waals surface area contributed by atoms with Crippen molar-refractivity contribution in [1.82, 2.24) is 5.32 Å². The molecule has 0 aliphatic carbocycles. The molecule has 124 valence electrons. The summed E-state index contributed by atoms with van der Waals surface area (Å²) >= 11 is 1.70. The van der Waals surface area contributed by atoms with Crippen LogP contribution in [0.15, 0.2) is 35.2 Å². The van der Waals surface area contributed by atoms with E-state index in [9.17, 15) is 4.79 Å². The highest BCUT2D eigenvalue weighted by molar-refractivity contribution is 7.99. The maximum Gasteiger partial charge on any atom is 0.311 e. The Kier molecular flexibility index (Phi) is 7.97. The fraction of sp³-hybridized carbons (Fsp3) is 0.611. The van der Waals surface area contributed by atoms with Crippen LogP contribution < -0.4 is 5.32 Å². The average Bonchev–Trinajstić information content (AvgIpc) is 2.41. The summed E-state index contributed by atoms with van der Waals surface area (Å²) in [6, 6.07) is 10.2. The van der Waals surface area contributed by atoms with E-state index in [0.29, 0.717) is 12.5 Å². The lowest BCUT2D eigenvalue weighted by Crippen LogP contribution is -2.36. The summed E-state index contributed by atoms with van der Waals surface area (Å²) in [7, 11) is 0. The molecule has 22 heavy (non-hydrogen) atoms. The van der Waals surface area contributed by atoms with Crippen molar-refractivity contribution in [2.45, 2.75) is 45.1 Å². The van der Waals surface area contributed by atoms with E-state index >= 15 is 0 Å². The summed E-state index contributed by atoms with van der Waals surface area (Å²) in [5.41, 5.74) is -0.440. The van der Waals surface area contributed by atoms with E-state index in [4.69, 9.17) is 4.74 Å². The highest BCUT2D eigenvalue weighted by atomic mass is 32.2. The van der Waals surface area contributed by atoms with Gasteiger partial charge in [-0.25, -0.2) is 0 Å². The van der Waals surface area contributed by atoms with Crippen molar-refractivity contribution < 1.29 is 9.53 Å². The van der Waals surface area contributed by atoms with Gasteiger partial charge in [0.1, 0.15) is 5.60 Å². The lowest BCUT2D eigenvalue weighted by Gasteiger charge is -2.24. The van der Waals surface area contributed by atoms with Gasteiger partial charge in [-0.2, -0.15) is 0 Å². The van der Waals surface area contributed by atoms with Crippen LogP contribution in [-0.2, 0) is 9.53 Å². The molecule has 0 amide bonds. The SMILES string of the molecule is CC(C)CNCC(CSc1ccccc1)C(=O)OC(C)(C)C. The van der Waals surface area contributed by atoms with Gasteiger partial charge in [0, 0.05) is 17.2 Å². The lowest BCUT2D eigenvalue weighted by atomic mass is 10.1. The van der Waals surface area contributed by atoms with E-state index in [1.807, 2.05) is 39.0 Å². The number of carbonyl (C=O) groups excluding carboxylic acids is 1. The Balaban J connectivity index is 2.58. The van der Waals surface area contributed by atoms with Gasteiger partial charge >= 0.3 is 5.97 Å².